The first kappa shape index (κ1) is 15.9. The number of fused-ring (bicyclic) bond motifs is 1. The minimum Gasteiger partial charge on any atom is -0.497 e. The van der Waals surface area contributed by atoms with Crippen LogP contribution in [0.5, 0.6) is 11.5 Å². The number of para-hydroxylation sites is 1. The van der Waals surface area contributed by atoms with E-state index in [0.717, 1.165) is 16.6 Å². The van der Waals surface area contributed by atoms with Crippen LogP contribution in [0.25, 0.3) is 10.9 Å². The number of hydrogen-bond donors (Lipinski definition) is 1. The average Bonchev–Trinajstić information content (AvgIpc) is 2.90. The third-order valence-corrected chi connectivity index (χ3v) is 4.00. The molecule has 0 aliphatic rings. The molecule has 2 aromatic carbocycles. The Labute approximate surface area is 140 Å². The molecule has 0 unspecified atom stereocenters. The lowest BCUT2D eigenvalue weighted by Crippen LogP contribution is -2.19. The molecule has 0 atom stereocenters. The molecule has 0 bridgehead atoms. The topological polar surface area (TPSA) is 52.5 Å². The summed E-state index contributed by atoms with van der Waals surface area (Å²) in [5.41, 5.74) is 2.68. The highest BCUT2D eigenvalue weighted by Gasteiger charge is 2.12. The van der Waals surface area contributed by atoms with E-state index in [4.69, 9.17) is 9.47 Å². The second-order valence-electron chi connectivity index (χ2n) is 5.55. The van der Waals surface area contributed by atoms with E-state index >= 15 is 0 Å². The van der Waals surface area contributed by atoms with Gasteiger partial charge >= 0.3 is 0 Å². The number of hydrogen-bond acceptors (Lipinski definition) is 3. The second kappa shape index (κ2) is 6.66. The van der Waals surface area contributed by atoms with Crippen molar-refractivity contribution in [3.63, 3.8) is 0 Å². The van der Waals surface area contributed by atoms with Gasteiger partial charge in [0.1, 0.15) is 18.0 Å². The molecule has 3 aromatic rings. The lowest BCUT2D eigenvalue weighted by molar-refractivity contribution is -0.116. The fourth-order valence-electron chi connectivity index (χ4n) is 2.80. The number of amides is 1. The van der Waals surface area contributed by atoms with Crippen molar-refractivity contribution in [3.8, 4) is 11.5 Å². The van der Waals surface area contributed by atoms with Crippen LogP contribution in [0.1, 0.15) is 5.69 Å². The van der Waals surface area contributed by atoms with Crippen LogP contribution in [0.4, 0.5) is 5.69 Å². The summed E-state index contributed by atoms with van der Waals surface area (Å²) in [6.07, 6.45) is 0. The van der Waals surface area contributed by atoms with Crippen molar-refractivity contribution in [3.05, 3.63) is 54.2 Å². The number of ether oxygens (including phenoxy) is 2. The van der Waals surface area contributed by atoms with Gasteiger partial charge in [-0.05, 0) is 36.6 Å². The smallest absolute Gasteiger partial charge is 0.244 e. The van der Waals surface area contributed by atoms with Gasteiger partial charge in [0.25, 0.3) is 0 Å². The fraction of sp³-hybridized carbons (Fsp3) is 0.211. The first-order valence-corrected chi connectivity index (χ1v) is 7.69. The molecular formula is C19H20N2O3. The van der Waals surface area contributed by atoms with Crippen molar-refractivity contribution in [2.75, 3.05) is 19.5 Å². The number of rotatable bonds is 5. The van der Waals surface area contributed by atoms with Crippen molar-refractivity contribution in [1.29, 1.82) is 0 Å². The monoisotopic (exact) mass is 324 g/mol. The van der Waals surface area contributed by atoms with Crippen molar-refractivity contribution < 1.29 is 14.3 Å². The van der Waals surface area contributed by atoms with Crippen LogP contribution < -0.4 is 14.8 Å². The van der Waals surface area contributed by atoms with Crippen molar-refractivity contribution in [2.45, 2.75) is 13.5 Å². The molecule has 0 spiro atoms. The molecule has 0 aliphatic carbocycles. The Morgan fingerprint density at radius 2 is 1.88 bits per heavy atom. The molecule has 1 heterocycles. The summed E-state index contributed by atoms with van der Waals surface area (Å²) >= 11 is 0. The van der Waals surface area contributed by atoms with Gasteiger partial charge in [-0.15, -0.1) is 0 Å². The molecule has 0 saturated carbocycles. The Kier molecular flexibility index (Phi) is 4.42. The highest BCUT2D eigenvalue weighted by Crippen LogP contribution is 2.29. The summed E-state index contributed by atoms with van der Waals surface area (Å²) < 4.78 is 12.5. The van der Waals surface area contributed by atoms with E-state index in [9.17, 15) is 4.79 Å². The zero-order valence-electron chi connectivity index (χ0n) is 14.0. The Bertz CT molecular complexity index is 883. The van der Waals surface area contributed by atoms with E-state index in [1.807, 2.05) is 35.8 Å². The van der Waals surface area contributed by atoms with Crippen LogP contribution in [0.2, 0.25) is 0 Å². The van der Waals surface area contributed by atoms with Gasteiger partial charge < -0.3 is 19.4 Å². The van der Waals surface area contributed by atoms with Crippen LogP contribution in [-0.2, 0) is 11.3 Å². The largest absolute Gasteiger partial charge is 0.497 e. The highest BCUT2D eigenvalue weighted by atomic mass is 16.5. The number of carbonyl (C=O) groups is 1. The van der Waals surface area contributed by atoms with Crippen LogP contribution in [0.3, 0.4) is 0 Å². The Balaban J connectivity index is 1.84. The number of aryl methyl sites for hydroxylation is 1. The number of carbonyl (C=O) groups excluding carboxylic acids is 1. The maximum absolute atomic E-state index is 12.5. The maximum atomic E-state index is 12.5. The second-order valence-corrected chi connectivity index (χ2v) is 5.55. The molecule has 5 nitrogen and oxygen atoms in total. The maximum Gasteiger partial charge on any atom is 0.244 e. The van der Waals surface area contributed by atoms with Gasteiger partial charge in [-0.1, -0.05) is 18.2 Å². The summed E-state index contributed by atoms with van der Waals surface area (Å²) in [5, 5.41) is 4.03. The van der Waals surface area contributed by atoms with E-state index < -0.39 is 0 Å². The minimum atomic E-state index is -0.119. The number of aromatic nitrogens is 1. The predicted octanol–water partition coefficient (Wildman–Crippen LogP) is 3.61. The van der Waals surface area contributed by atoms with E-state index in [1.165, 1.54) is 0 Å². The van der Waals surface area contributed by atoms with Gasteiger partial charge in [-0.3, -0.25) is 4.79 Å². The Hall–Kier alpha value is -2.95. The van der Waals surface area contributed by atoms with Crippen molar-refractivity contribution in [2.24, 2.45) is 0 Å². The first-order valence-electron chi connectivity index (χ1n) is 7.69. The lowest BCUT2D eigenvalue weighted by Gasteiger charge is -2.13. The van der Waals surface area contributed by atoms with Crippen molar-refractivity contribution >= 4 is 22.5 Å². The molecule has 5 heteroatoms. The summed E-state index contributed by atoms with van der Waals surface area (Å²) in [4.78, 5) is 12.5. The highest BCUT2D eigenvalue weighted by molar-refractivity contribution is 5.93. The molecule has 0 radical (unpaired) electrons. The van der Waals surface area contributed by atoms with Crippen LogP contribution in [0, 0.1) is 6.92 Å². The third-order valence-electron chi connectivity index (χ3n) is 4.00. The van der Waals surface area contributed by atoms with E-state index in [1.54, 1.807) is 32.4 Å². The number of methoxy groups -OCH3 is 2. The third kappa shape index (κ3) is 3.06. The minimum absolute atomic E-state index is 0.119. The normalized spacial score (nSPS) is 10.6. The number of nitrogens with one attached hydrogen (secondary N) is 1. The van der Waals surface area contributed by atoms with E-state index in [-0.39, 0.29) is 12.5 Å². The van der Waals surface area contributed by atoms with Gasteiger partial charge in [0.05, 0.1) is 19.9 Å². The molecule has 1 amide bonds. The molecule has 3 rings (SSSR count). The van der Waals surface area contributed by atoms with Crippen LogP contribution >= 0.6 is 0 Å². The van der Waals surface area contributed by atoms with Crippen LogP contribution in [0.15, 0.2) is 48.5 Å². The van der Waals surface area contributed by atoms with Crippen molar-refractivity contribution in [1.82, 2.24) is 4.57 Å². The van der Waals surface area contributed by atoms with Gasteiger partial charge in [-0.25, -0.2) is 0 Å². The predicted molar refractivity (Wildman–Crippen MR) is 94.9 cm³/mol. The SMILES string of the molecule is COc1ccc(OC)c(NC(=O)Cn2c(C)cc3ccccc32)c1. The molecule has 0 saturated heterocycles. The fourth-order valence-corrected chi connectivity index (χ4v) is 2.80. The summed E-state index contributed by atoms with van der Waals surface area (Å²) in [6, 6.07) is 15.4. The quantitative estimate of drug-likeness (QED) is 0.780. The molecule has 1 aromatic heterocycles. The average molecular weight is 324 g/mol. The first-order chi connectivity index (χ1) is 11.6. The van der Waals surface area contributed by atoms with Crippen LogP contribution in [-0.4, -0.2) is 24.7 Å². The molecule has 0 aliphatic heterocycles. The Morgan fingerprint density at radius 3 is 2.62 bits per heavy atom. The summed E-state index contributed by atoms with van der Waals surface area (Å²) in [5.74, 6) is 1.14. The molecule has 0 fully saturated rings. The summed E-state index contributed by atoms with van der Waals surface area (Å²) in [6.45, 7) is 2.24. The Morgan fingerprint density at radius 1 is 1.08 bits per heavy atom. The molecular weight excluding hydrogens is 304 g/mol. The molecule has 124 valence electrons. The van der Waals surface area contributed by atoms with Gasteiger partial charge in [-0.2, -0.15) is 0 Å². The number of benzene rings is 2. The van der Waals surface area contributed by atoms with E-state index in [0.29, 0.717) is 17.2 Å². The van der Waals surface area contributed by atoms with E-state index in [2.05, 4.69) is 11.4 Å². The van der Waals surface area contributed by atoms with Gasteiger partial charge in [0, 0.05) is 17.3 Å². The zero-order valence-corrected chi connectivity index (χ0v) is 14.0. The molecule has 1 N–H and O–H groups in total. The number of nitrogens with zero attached hydrogens (tertiary/aromatic N) is 1. The van der Waals surface area contributed by atoms with Gasteiger partial charge in [0.2, 0.25) is 5.91 Å². The summed E-state index contributed by atoms with van der Waals surface area (Å²) in [7, 11) is 3.16. The lowest BCUT2D eigenvalue weighted by atomic mass is 10.2. The molecule has 24 heavy (non-hydrogen) atoms. The van der Waals surface area contributed by atoms with Gasteiger partial charge in [0.15, 0.2) is 0 Å². The number of anilines is 1. The zero-order chi connectivity index (χ0) is 17.1. The standard InChI is InChI=1S/C19H20N2O3/c1-13-10-14-6-4-5-7-17(14)21(13)12-19(22)20-16-11-15(23-2)8-9-18(16)24-3/h4-11H,12H2,1-3H3,(H,20,22).